The highest BCUT2D eigenvalue weighted by Crippen LogP contribution is 2.37. The first-order chi connectivity index (χ1) is 18.6. The van der Waals surface area contributed by atoms with Crippen LogP contribution >= 0.6 is 0 Å². The van der Waals surface area contributed by atoms with E-state index in [0.717, 1.165) is 39.3 Å². The molecular weight excluding hydrogens is 466 g/mol. The van der Waals surface area contributed by atoms with E-state index in [-0.39, 0.29) is 5.57 Å². The number of hydrogen-bond acceptors (Lipinski definition) is 2. The number of benzene rings is 4. The van der Waals surface area contributed by atoms with Crippen LogP contribution in [-0.2, 0) is 11.3 Å². The van der Waals surface area contributed by atoms with Crippen LogP contribution in [0.25, 0.3) is 34.3 Å². The van der Waals surface area contributed by atoms with Gasteiger partial charge in [-0.25, -0.2) is 0 Å². The van der Waals surface area contributed by atoms with Crippen LogP contribution in [0.4, 0.5) is 0 Å². The van der Waals surface area contributed by atoms with Gasteiger partial charge in [-0.05, 0) is 47.9 Å². The molecule has 0 fully saturated rings. The van der Waals surface area contributed by atoms with Crippen LogP contribution in [0.3, 0.4) is 0 Å². The predicted octanol–water partition coefficient (Wildman–Crippen LogP) is 7.34. The van der Waals surface area contributed by atoms with Crippen molar-refractivity contribution in [1.29, 1.82) is 5.26 Å². The van der Waals surface area contributed by atoms with E-state index in [9.17, 15) is 10.1 Å². The SMILES string of the molecule is Cc1ccc(-n2c(-c3ccccc3)cc(/C=C(/C#N)C(=O)NCc3ccccc3)c2-c2ccccc2)cc1. The van der Waals surface area contributed by atoms with Gasteiger partial charge in [-0.15, -0.1) is 0 Å². The van der Waals surface area contributed by atoms with Gasteiger partial charge in [0.2, 0.25) is 0 Å². The maximum Gasteiger partial charge on any atom is 0.262 e. The average Bonchev–Trinajstić information content (AvgIpc) is 3.35. The fourth-order valence-corrected chi connectivity index (χ4v) is 4.49. The molecule has 0 aliphatic carbocycles. The maximum absolute atomic E-state index is 13.1. The Morgan fingerprint density at radius 3 is 2.00 bits per heavy atom. The molecule has 0 spiro atoms. The van der Waals surface area contributed by atoms with E-state index in [4.69, 9.17) is 0 Å². The number of nitrogens with one attached hydrogen (secondary N) is 1. The van der Waals surface area contributed by atoms with Crippen LogP contribution in [0.5, 0.6) is 0 Å². The van der Waals surface area contributed by atoms with E-state index in [2.05, 4.69) is 65.3 Å². The molecule has 38 heavy (non-hydrogen) atoms. The summed E-state index contributed by atoms with van der Waals surface area (Å²) in [6, 6.07) is 42.4. The lowest BCUT2D eigenvalue weighted by atomic mass is 10.0. The largest absolute Gasteiger partial charge is 0.347 e. The van der Waals surface area contributed by atoms with Gasteiger partial charge in [0.1, 0.15) is 11.6 Å². The monoisotopic (exact) mass is 493 g/mol. The summed E-state index contributed by atoms with van der Waals surface area (Å²) in [4.78, 5) is 13.1. The van der Waals surface area contributed by atoms with Gasteiger partial charge >= 0.3 is 0 Å². The van der Waals surface area contributed by atoms with E-state index in [1.54, 1.807) is 6.08 Å². The third-order valence-electron chi connectivity index (χ3n) is 6.40. The zero-order valence-corrected chi connectivity index (χ0v) is 21.1. The molecule has 4 nitrogen and oxygen atoms in total. The first-order valence-electron chi connectivity index (χ1n) is 12.5. The van der Waals surface area contributed by atoms with Crippen molar-refractivity contribution in [2.75, 3.05) is 0 Å². The zero-order valence-electron chi connectivity index (χ0n) is 21.1. The van der Waals surface area contributed by atoms with E-state index < -0.39 is 5.91 Å². The number of amides is 1. The van der Waals surface area contributed by atoms with Crippen LogP contribution in [-0.4, -0.2) is 10.5 Å². The summed E-state index contributed by atoms with van der Waals surface area (Å²) < 4.78 is 2.20. The van der Waals surface area contributed by atoms with Crippen molar-refractivity contribution in [3.63, 3.8) is 0 Å². The standard InChI is InChI=1S/C34H27N3O/c1-25-17-19-31(20-18-25)37-32(27-13-7-3-8-14-27)22-29(33(37)28-15-9-4-10-16-28)21-30(23-35)34(38)36-24-26-11-5-2-6-12-26/h2-22H,24H2,1H3,(H,36,38)/b30-21-. The molecule has 1 N–H and O–H groups in total. The molecule has 5 aromatic rings. The van der Waals surface area contributed by atoms with Crippen molar-refractivity contribution < 1.29 is 4.79 Å². The van der Waals surface area contributed by atoms with Crippen molar-refractivity contribution in [3.05, 3.63) is 144 Å². The molecule has 0 aliphatic rings. The van der Waals surface area contributed by atoms with Crippen molar-refractivity contribution in [2.45, 2.75) is 13.5 Å². The van der Waals surface area contributed by atoms with E-state index in [1.165, 1.54) is 5.56 Å². The quantitative estimate of drug-likeness (QED) is 0.190. The van der Waals surface area contributed by atoms with Gasteiger partial charge < -0.3 is 9.88 Å². The molecule has 5 rings (SSSR count). The number of aryl methyl sites for hydroxylation is 1. The Morgan fingerprint density at radius 1 is 0.816 bits per heavy atom. The summed E-state index contributed by atoms with van der Waals surface area (Å²) in [5.41, 5.74) is 7.91. The fraction of sp³-hybridized carbons (Fsp3) is 0.0588. The minimum atomic E-state index is -0.403. The number of hydrogen-bond donors (Lipinski definition) is 1. The normalized spacial score (nSPS) is 11.1. The first-order valence-corrected chi connectivity index (χ1v) is 12.5. The Hall–Kier alpha value is -5.14. The molecule has 4 aromatic carbocycles. The lowest BCUT2D eigenvalue weighted by Crippen LogP contribution is -2.23. The lowest BCUT2D eigenvalue weighted by Gasteiger charge is -2.15. The lowest BCUT2D eigenvalue weighted by molar-refractivity contribution is -0.117. The van der Waals surface area contributed by atoms with Gasteiger partial charge in [0, 0.05) is 17.8 Å². The third-order valence-corrected chi connectivity index (χ3v) is 6.40. The molecule has 184 valence electrons. The minimum absolute atomic E-state index is 0.0544. The minimum Gasteiger partial charge on any atom is -0.347 e. The van der Waals surface area contributed by atoms with Crippen LogP contribution in [0.1, 0.15) is 16.7 Å². The van der Waals surface area contributed by atoms with Crippen molar-refractivity contribution in [2.24, 2.45) is 0 Å². The molecule has 1 amide bonds. The number of nitrogens with zero attached hydrogens (tertiary/aromatic N) is 2. The Morgan fingerprint density at radius 2 is 1.39 bits per heavy atom. The van der Waals surface area contributed by atoms with Crippen molar-refractivity contribution in [1.82, 2.24) is 9.88 Å². The summed E-state index contributed by atoms with van der Waals surface area (Å²) in [5.74, 6) is -0.403. The second-order valence-corrected chi connectivity index (χ2v) is 9.07. The maximum atomic E-state index is 13.1. The molecule has 4 heteroatoms. The number of aromatic nitrogens is 1. The highest BCUT2D eigenvalue weighted by atomic mass is 16.1. The summed E-state index contributed by atoms with van der Waals surface area (Å²) in [6.45, 7) is 2.42. The van der Waals surface area contributed by atoms with Crippen molar-refractivity contribution in [3.8, 4) is 34.3 Å². The van der Waals surface area contributed by atoms with Crippen LogP contribution in [0.2, 0.25) is 0 Å². The molecule has 0 saturated heterocycles. The van der Waals surface area contributed by atoms with Crippen LogP contribution < -0.4 is 5.32 Å². The van der Waals surface area contributed by atoms with Gasteiger partial charge in [-0.1, -0.05) is 109 Å². The number of carbonyl (C=O) groups is 1. The topological polar surface area (TPSA) is 57.8 Å². The van der Waals surface area contributed by atoms with E-state index in [1.807, 2.05) is 78.9 Å². The van der Waals surface area contributed by atoms with Gasteiger partial charge in [0.25, 0.3) is 5.91 Å². The van der Waals surface area contributed by atoms with E-state index >= 15 is 0 Å². The Labute approximate surface area is 223 Å². The number of nitriles is 1. The molecule has 0 atom stereocenters. The predicted molar refractivity (Wildman–Crippen MR) is 153 cm³/mol. The molecule has 1 aromatic heterocycles. The van der Waals surface area contributed by atoms with Crippen LogP contribution in [0, 0.1) is 18.3 Å². The fourth-order valence-electron chi connectivity index (χ4n) is 4.49. The summed E-state index contributed by atoms with van der Waals surface area (Å²) in [7, 11) is 0. The van der Waals surface area contributed by atoms with Gasteiger partial charge in [-0.3, -0.25) is 4.79 Å². The zero-order chi connectivity index (χ0) is 26.3. The van der Waals surface area contributed by atoms with Gasteiger partial charge in [0.15, 0.2) is 0 Å². The summed E-state index contributed by atoms with van der Waals surface area (Å²) in [6.07, 6.45) is 1.69. The highest BCUT2D eigenvalue weighted by molar-refractivity contribution is 6.02. The van der Waals surface area contributed by atoms with Gasteiger partial charge in [-0.2, -0.15) is 5.26 Å². The summed E-state index contributed by atoms with van der Waals surface area (Å²) >= 11 is 0. The van der Waals surface area contributed by atoms with Crippen LogP contribution in [0.15, 0.2) is 127 Å². The Bertz CT molecular complexity index is 1610. The molecule has 0 bridgehead atoms. The molecule has 0 radical (unpaired) electrons. The smallest absolute Gasteiger partial charge is 0.262 e. The molecule has 0 aliphatic heterocycles. The van der Waals surface area contributed by atoms with E-state index in [0.29, 0.717) is 6.54 Å². The highest BCUT2D eigenvalue weighted by Gasteiger charge is 2.20. The second kappa shape index (κ2) is 11.3. The molecule has 0 saturated carbocycles. The van der Waals surface area contributed by atoms with Gasteiger partial charge in [0.05, 0.1) is 11.4 Å². The Kier molecular flexibility index (Phi) is 7.29. The third kappa shape index (κ3) is 5.33. The molecular formula is C34H27N3O. The first kappa shape index (κ1) is 24.5. The number of carbonyl (C=O) groups excluding carboxylic acids is 1. The Balaban J connectivity index is 1.67. The van der Waals surface area contributed by atoms with Crippen molar-refractivity contribution >= 4 is 12.0 Å². The second-order valence-electron chi connectivity index (χ2n) is 9.07. The summed E-state index contributed by atoms with van der Waals surface area (Å²) in [5, 5.41) is 12.9. The molecule has 1 heterocycles. The average molecular weight is 494 g/mol. The number of rotatable bonds is 7. The molecule has 0 unspecified atom stereocenters.